The van der Waals surface area contributed by atoms with Gasteiger partial charge in [0, 0.05) is 0 Å². The van der Waals surface area contributed by atoms with Gasteiger partial charge in [0.25, 0.3) is 0 Å². The van der Waals surface area contributed by atoms with Gasteiger partial charge in [0.15, 0.2) is 0 Å². The van der Waals surface area contributed by atoms with E-state index in [4.69, 9.17) is 0 Å². The molecule has 0 aliphatic heterocycles. The highest BCUT2D eigenvalue weighted by Gasteiger charge is 2.31. The molecule has 1 rings (SSSR count). The smallest absolute Gasteiger partial charge is 0.179 e. The average molecular weight is 246 g/mol. The largest absolute Gasteiger partial charge is 0.416 e. The summed E-state index contributed by atoms with van der Waals surface area (Å²) in [5.74, 6) is 0.732. The van der Waals surface area contributed by atoms with Crippen molar-refractivity contribution in [3.8, 4) is 0 Å². The fraction of sp³-hybridized carbons (Fsp3) is 0.333. The minimum absolute atomic E-state index is 0.250. The molecule has 0 amide bonds. The van der Waals surface area contributed by atoms with Crippen LogP contribution in [0, 0.1) is 6.92 Å². The van der Waals surface area contributed by atoms with E-state index in [1.165, 1.54) is 19.1 Å². The van der Waals surface area contributed by atoms with Crippen LogP contribution in [-0.2, 0) is 6.18 Å². The van der Waals surface area contributed by atoms with Gasteiger partial charge in [0.1, 0.15) is 0 Å². The highest BCUT2D eigenvalue weighted by atomic mass is 32.1. The van der Waals surface area contributed by atoms with Gasteiger partial charge in [-0.25, -0.2) is 0 Å². The Hall–Kier alpha value is -0.900. The van der Waals surface area contributed by atoms with Crippen LogP contribution in [0.25, 0.3) is 6.08 Å². The molecule has 4 heteroatoms. The van der Waals surface area contributed by atoms with Crippen molar-refractivity contribution in [1.29, 1.82) is 0 Å². The fourth-order valence-corrected chi connectivity index (χ4v) is 1.55. The summed E-state index contributed by atoms with van der Waals surface area (Å²) >= 11 is 4.04. The molecular weight excluding hydrogens is 233 g/mol. The minimum atomic E-state index is -4.27. The molecule has 0 bridgehead atoms. The molecule has 0 aliphatic carbocycles. The van der Waals surface area contributed by atoms with Crippen LogP contribution in [0.3, 0.4) is 0 Å². The first-order valence-corrected chi connectivity index (χ1v) is 5.53. The van der Waals surface area contributed by atoms with E-state index < -0.39 is 11.7 Å². The van der Waals surface area contributed by atoms with Crippen molar-refractivity contribution < 1.29 is 13.2 Å². The average Bonchev–Trinajstić information content (AvgIpc) is 2.16. The van der Waals surface area contributed by atoms with Gasteiger partial charge in [-0.1, -0.05) is 24.3 Å². The molecular formula is C12H13F3S. The Morgan fingerprint density at radius 2 is 2.00 bits per heavy atom. The Labute approximate surface area is 98.6 Å². The molecule has 0 nitrogen and oxygen atoms in total. The zero-order chi connectivity index (χ0) is 12.2. The van der Waals surface area contributed by atoms with Crippen molar-refractivity contribution in [3.05, 3.63) is 41.0 Å². The lowest BCUT2D eigenvalue weighted by Crippen LogP contribution is -2.07. The topological polar surface area (TPSA) is 0 Å². The SMILES string of the molecule is Cc1cc(C=CCCS)ccc1C(F)(F)F. The number of allylic oxidation sites excluding steroid dienone is 1. The molecule has 0 heterocycles. The molecule has 0 radical (unpaired) electrons. The maximum atomic E-state index is 12.5. The molecule has 16 heavy (non-hydrogen) atoms. The summed E-state index contributed by atoms with van der Waals surface area (Å²) < 4.78 is 37.4. The molecule has 0 atom stereocenters. The number of halogens is 3. The van der Waals surface area contributed by atoms with Crippen LogP contribution < -0.4 is 0 Å². The van der Waals surface area contributed by atoms with Gasteiger partial charge in [-0.2, -0.15) is 25.8 Å². The fourth-order valence-electron chi connectivity index (χ4n) is 1.40. The van der Waals surface area contributed by atoms with Gasteiger partial charge in [0.2, 0.25) is 0 Å². The molecule has 88 valence electrons. The summed E-state index contributed by atoms with van der Waals surface area (Å²) in [7, 11) is 0. The summed E-state index contributed by atoms with van der Waals surface area (Å²) in [5, 5.41) is 0. The van der Waals surface area contributed by atoms with Crippen molar-refractivity contribution in [3.63, 3.8) is 0 Å². The standard InChI is InChI=1S/C12H13F3S/c1-9-8-10(4-2-3-7-16)5-6-11(9)12(13,14)15/h2,4-6,8,16H,3,7H2,1H3. The van der Waals surface area contributed by atoms with E-state index in [0.29, 0.717) is 0 Å². The molecule has 0 aliphatic rings. The second kappa shape index (κ2) is 5.43. The molecule has 1 aromatic rings. The third kappa shape index (κ3) is 3.59. The number of thiol groups is 1. The molecule has 1 aromatic carbocycles. The minimum Gasteiger partial charge on any atom is -0.179 e. The van der Waals surface area contributed by atoms with Gasteiger partial charge < -0.3 is 0 Å². The first kappa shape index (κ1) is 13.2. The third-order valence-corrected chi connectivity index (χ3v) is 2.42. The second-order valence-corrected chi connectivity index (χ2v) is 3.93. The number of benzene rings is 1. The van der Waals surface area contributed by atoms with Gasteiger partial charge in [-0.3, -0.25) is 0 Å². The van der Waals surface area contributed by atoms with Crippen LogP contribution in [0.1, 0.15) is 23.1 Å². The predicted octanol–water partition coefficient (Wildman–Crippen LogP) is 4.35. The predicted molar refractivity (Wildman–Crippen MR) is 63.7 cm³/mol. The van der Waals surface area contributed by atoms with Crippen LogP contribution in [0.2, 0.25) is 0 Å². The maximum Gasteiger partial charge on any atom is 0.416 e. The maximum absolute atomic E-state index is 12.5. The van der Waals surface area contributed by atoms with Gasteiger partial charge >= 0.3 is 6.18 Å². The van der Waals surface area contributed by atoms with Crippen molar-refractivity contribution in [2.75, 3.05) is 5.75 Å². The van der Waals surface area contributed by atoms with Crippen molar-refractivity contribution in [1.82, 2.24) is 0 Å². The van der Waals surface area contributed by atoms with Gasteiger partial charge in [0.05, 0.1) is 5.56 Å². The van der Waals surface area contributed by atoms with E-state index in [1.807, 2.05) is 12.2 Å². The number of hydrogen-bond acceptors (Lipinski definition) is 1. The van der Waals surface area contributed by atoms with Crippen LogP contribution in [-0.4, -0.2) is 5.75 Å². The van der Waals surface area contributed by atoms with Crippen molar-refractivity contribution in [2.24, 2.45) is 0 Å². The van der Waals surface area contributed by atoms with E-state index in [0.717, 1.165) is 23.8 Å². The lowest BCUT2D eigenvalue weighted by atomic mass is 10.0. The van der Waals surface area contributed by atoms with E-state index in [1.54, 1.807) is 0 Å². The Morgan fingerprint density at radius 3 is 2.50 bits per heavy atom. The Bertz CT molecular complexity index is 380. The quantitative estimate of drug-likeness (QED) is 0.753. The first-order chi connectivity index (χ1) is 7.45. The van der Waals surface area contributed by atoms with Crippen LogP contribution in [0.4, 0.5) is 13.2 Å². The molecule has 0 saturated carbocycles. The number of alkyl halides is 3. The zero-order valence-corrected chi connectivity index (χ0v) is 9.78. The number of rotatable bonds is 3. The lowest BCUT2D eigenvalue weighted by Gasteiger charge is -2.10. The normalized spacial score (nSPS) is 12.3. The Kier molecular flexibility index (Phi) is 4.47. The van der Waals surface area contributed by atoms with E-state index in [-0.39, 0.29) is 5.56 Å². The van der Waals surface area contributed by atoms with Gasteiger partial charge in [-0.05, 0) is 36.3 Å². The lowest BCUT2D eigenvalue weighted by molar-refractivity contribution is -0.138. The van der Waals surface area contributed by atoms with E-state index in [9.17, 15) is 13.2 Å². The van der Waals surface area contributed by atoms with Crippen LogP contribution in [0.5, 0.6) is 0 Å². The summed E-state index contributed by atoms with van der Waals surface area (Å²) in [6, 6.07) is 4.14. The molecule has 0 fully saturated rings. The Morgan fingerprint density at radius 1 is 1.31 bits per heavy atom. The molecule has 0 saturated heterocycles. The summed E-state index contributed by atoms with van der Waals surface area (Å²) in [6.45, 7) is 1.47. The Balaban J connectivity index is 2.91. The molecule has 0 aromatic heterocycles. The monoisotopic (exact) mass is 246 g/mol. The first-order valence-electron chi connectivity index (χ1n) is 4.90. The molecule has 0 N–H and O–H groups in total. The van der Waals surface area contributed by atoms with Crippen molar-refractivity contribution in [2.45, 2.75) is 19.5 Å². The van der Waals surface area contributed by atoms with Crippen LogP contribution >= 0.6 is 12.6 Å². The molecule has 0 spiro atoms. The summed E-state index contributed by atoms with van der Waals surface area (Å²) in [4.78, 5) is 0. The highest BCUT2D eigenvalue weighted by molar-refractivity contribution is 7.80. The number of hydrogen-bond donors (Lipinski definition) is 1. The van der Waals surface area contributed by atoms with Gasteiger partial charge in [-0.15, -0.1) is 0 Å². The van der Waals surface area contributed by atoms with E-state index in [2.05, 4.69) is 12.6 Å². The second-order valence-electron chi connectivity index (χ2n) is 3.49. The summed E-state index contributed by atoms with van der Waals surface area (Å²) in [5.41, 5.74) is 0.464. The zero-order valence-electron chi connectivity index (χ0n) is 8.88. The summed E-state index contributed by atoms with van der Waals surface area (Å²) in [6.07, 6.45) is 0.249. The van der Waals surface area contributed by atoms with Crippen molar-refractivity contribution >= 4 is 18.7 Å². The molecule has 0 unspecified atom stereocenters. The van der Waals surface area contributed by atoms with Crippen LogP contribution in [0.15, 0.2) is 24.3 Å². The number of aryl methyl sites for hydroxylation is 1. The third-order valence-electron chi connectivity index (χ3n) is 2.16. The van der Waals surface area contributed by atoms with E-state index >= 15 is 0 Å². The highest BCUT2D eigenvalue weighted by Crippen LogP contribution is 2.32.